The van der Waals surface area contributed by atoms with E-state index < -0.39 is 29.5 Å². The van der Waals surface area contributed by atoms with Crippen molar-refractivity contribution in [2.45, 2.75) is 18.6 Å². The number of hydrogen-bond acceptors (Lipinski definition) is 3. The van der Waals surface area contributed by atoms with Crippen LogP contribution in [0, 0.1) is 5.82 Å². The molecule has 1 aliphatic heterocycles. The fourth-order valence-electron chi connectivity index (χ4n) is 3.62. The van der Waals surface area contributed by atoms with Gasteiger partial charge in [0.05, 0.1) is 18.7 Å². The first-order valence-electron chi connectivity index (χ1n) is 9.16. The average molecular weight is 489 g/mol. The molecule has 0 spiro atoms. The molecule has 0 aliphatic carbocycles. The van der Waals surface area contributed by atoms with E-state index >= 15 is 0 Å². The normalized spacial score (nSPS) is 17.9. The fraction of sp³-hybridized carbons (Fsp3) is 0.130. The first-order chi connectivity index (χ1) is 14.3. The number of carbonyl (C=O) groups is 2. The van der Waals surface area contributed by atoms with Crippen molar-refractivity contribution in [3.63, 3.8) is 0 Å². The Bertz CT molecular complexity index is 1150. The largest absolute Gasteiger partial charge is 0.375 e. The number of nitrogens with zero attached hydrogens (tertiary/aromatic N) is 1. The fourth-order valence-corrected chi connectivity index (χ4v) is 4.17. The third-order valence-corrected chi connectivity index (χ3v) is 6.02. The lowest BCUT2D eigenvalue weighted by molar-refractivity contribution is -0.136. The quantitative estimate of drug-likeness (QED) is 0.499. The summed E-state index contributed by atoms with van der Waals surface area (Å²) in [7, 11) is 0. The number of hydrogen-bond donors (Lipinski definition) is 1. The molecule has 152 valence electrons. The molecule has 0 aromatic heterocycles. The first-order valence-corrected chi connectivity index (χ1v) is 10.3. The van der Waals surface area contributed by atoms with Crippen molar-refractivity contribution in [3.8, 4) is 0 Å². The Hall–Kier alpha value is -2.54. The van der Waals surface area contributed by atoms with Crippen LogP contribution in [0.5, 0.6) is 0 Å². The Morgan fingerprint density at radius 1 is 1.10 bits per heavy atom. The molecular weight excluding hydrogens is 473 g/mol. The SMILES string of the molecule is O=C(C[C@@]1(O)C(=O)N(Cc2ccccc2Cl)c2ccc(Br)cc21)c1ccc(F)cc1. The molecule has 4 rings (SSSR count). The van der Waals surface area contributed by atoms with Gasteiger partial charge >= 0.3 is 0 Å². The number of anilines is 1. The summed E-state index contributed by atoms with van der Waals surface area (Å²) in [6.07, 6.45) is -0.458. The van der Waals surface area contributed by atoms with E-state index in [-0.39, 0.29) is 12.1 Å². The van der Waals surface area contributed by atoms with Crippen molar-refractivity contribution < 1.29 is 19.1 Å². The minimum atomic E-state index is -2.04. The van der Waals surface area contributed by atoms with E-state index in [9.17, 15) is 19.1 Å². The predicted molar refractivity (Wildman–Crippen MR) is 116 cm³/mol. The molecule has 30 heavy (non-hydrogen) atoms. The second kappa shape index (κ2) is 7.95. The number of carbonyl (C=O) groups excluding carboxylic acids is 2. The van der Waals surface area contributed by atoms with Crippen LogP contribution in [0.25, 0.3) is 0 Å². The number of rotatable bonds is 5. The van der Waals surface area contributed by atoms with Gasteiger partial charge in [0.25, 0.3) is 5.91 Å². The van der Waals surface area contributed by atoms with E-state index in [4.69, 9.17) is 11.6 Å². The lowest BCUT2D eigenvalue weighted by atomic mass is 9.88. The molecule has 3 aromatic carbocycles. The van der Waals surface area contributed by atoms with Crippen LogP contribution in [0.3, 0.4) is 0 Å². The summed E-state index contributed by atoms with van der Waals surface area (Å²) < 4.78 is 13.9. The minimum absolute atomic E-state index is 0.153. The van der Waals surface area contributed by atoms with Gasteiger partial charge < -0.3 is 10.0 Å². The third-order valence-electron chi connectivity index (χ3n) is 5.16. The standard InChI is InChI=1S/C23H16BrClFNO3/c24-16-7-10-20-18(11-16)23(30,12-21(28)14-5-8-17(26)9-6-14)22(29)27(20)13-15-3-1-2-4-19(15)25/h1-11,30H,12-13H2/t23-/m0/s1. The van der Waals surface area contributed by atoms with Gasteiger partial charge in [-0.1, -0.05) is 45.7 Å². The van der Waals surface area contributed by atoms with E-state index in [0.717, 1.165) is 5.56 Å². The number of ketones is 1. The van der Waals surface area contributed by atoms with Crippen LogP contribution in [-0.4, -0.2) is 16.8 Å². The molecule has 0 unspecified atom stereocenters. The Morgan fingerprint density at radius 2 is 1.80 bits per heavy atom. The summed E-state index contributed by atoms with van der Waals surface area (Å²) in [5.74, 6) is -1.54. The highest BCUT2D eigenvalue weighted by Gasteiger charge is 2.51. The number of halogens is 3. The van der Waals surface area contributed by atoms with Crippen molar-refractivity contribution >= 4 is 44.9 Å². The van der Waals surface area contributed by atoms with E-state index in [1.807, 2.05) is 6.07 Å². The average Bonchev–Trinajstić information content (AvgIpc) is 2.91. The van der Waals surface area contributed by atoms with Crippen LogP contribution in [0.1, 0.15) is 27.9 Å². The molecule has 0 radical (unpaired) electrons. The van der Waals surface area contributed by atoms with Crippen molar-refractivity contribution in [3.05, 3.63) is 98.7 Å². The van der Waals surface area contributed by atoms with Crippen LogP contribution < -0.4 is 4.90 Å². The summed E-state index contributed by atoms with van der Waals surface area (Å²) in [4.78, 5) is 27.6. The summed E-state index contributed by atoms with van der Waals surface area (Å²) >= 11 is 9.62. The smallest absolute Gasteiger partial charge is 0.264 e. The van der Waals surface area contributed by atoms with Gasteiger partial charge in [-0.15, -0.1) is 0 Å². The van der Waals surface area contributed by atoms with Crippen molar-refractivity contribution in [1.82, 2.24) is 0 Å². The van der Waals surface area contributed by atoms with Crippen molar-refractivity contribution in [1.29, 1.82) is 0 Å². The Balaban J connectivity index is 1.72. The molecule has 3 aromatic rings. The molecule has 1 atom stereocenters. The monoisotopic (exact) mass is 487 g/mol. The number of fused-ring (bicyclic) bond motifs is 1. The third kappa shape index (κ3) is 3.67. The van der Waals surface area contributed by atoms with Gasteiger partial charge in [-0.05, 0) is 54.1 Å². The molecule has 0 saturated carbocycles. The highest BCUT2D eigenvalue weighted by Crippen LogP contribution is 2.45. The van der Waals surface area contributed by atoms with Gasteiger partial charge in [0, 0.05) is 20.6 Å². The van der Waals surface area contributed by atoms with Gasteiger partial charge in [-0.2, -0.15) is 0 Å². The van der Waals surface area contributed by atoms with E-state index in [1.165, 1.54) is 29.2 Å². The maximum atomic E-state index is 13.3. The van der Waals surface area contributed by atoms with Crippen LogP contribution in [0.4, 0.5) is 10.1 Å². The van der Waals surface area contributed by atoms with E-state index in [0.29, 0.717) is 20.7 Å². The van der Waals surface area contributed by atoms with Crippen molar-refractivity contribution in [2.24, 2.45) is 0 Å². The van der Waals surface area contributed by atoms with Gasteiger partial charge in [-0.25, -0.2) is 4.39 Å². The van der Waals surface area contributed by atoms with Crippen LogP contribution in [0.15, 0.2) is 71.2 Å². The summed E-state index contributed by atoms with van der Waals surface area (Å²) in [6, 6.07) is 17.3. The van der Waals surface area contributed by atoms with E-state index in [2.05, 4.69) is 15.9 Å². The minimum Gasteiger partial charge on any atom is -0.375 e. The summed E-state index contributed by atoms with van der Waals surface area (Å²) in [5.41, 5.74) is -0.248. The number of aliphatic hydroxyl groups is 1. The molecular formula is C23H16BrClFNO3. The van der Waals surface area contributed by atoms with Crippen LogP contribution in [-0.2, 0) is 16.9 Å². The molecule has 1 N–H and O–H groups in total. The molecule has 0 bridgehead atoms. The second-order valence-electron chi connectivity index (χ2n) is 7.11. The molecule has 1 aliphatic rings. The summed E-state index contributed by atoms with van der Waals surface area (Å²) in [6.45, 7) is 0.153. The van der Waals surface area contributed by atoms with Crippen LogP contribution in [0.2, 0.25) is 5.02 Å². The summed E-state index contributed by atoms with van der Waals surface area (Å²) in [5, 5.41) is 11.9. The lowest BCUT2D eigenvalue weighted by Crippen LogP contribution is -2.41. The van der Waals surface area contributed by atoms with Gasteiger partial charge in [0.1, 0.15) is 5.82 Å². The predicted octanol–water partition coefficient (Wildman–Crippen LogP) is 5.25. The second-order valence-corrected chi connectivity index (χ2v) is 8.43. The molecule has 0 saturated heterocycles. The Morgan fingerprint density at radius 3 is 2.50 bits per heavy atom. The van der Waals surface area contributed by atoms with Gasteiger partial charge in [0.15, 0.2) is 11.4 Å². The Labute approximate surface area is 186 Å². The Kier molecular flexibility index (Phi) is 5.49. The lowest BCUT2D eigenvalue weighted by Gasteiger charge is -2.23. The highest BCUT2D eigenvalue weighted by molar-refractivity contribution is 9.10. The number of amides is 1. The number of benzene rings is 3. The highest BCUT2D eigenvalue weighted by atomic mass is 79.9. The van der Waals surface area contributed by atoms with Gasteiger partial charge in [0.2, 0.25) is 0 Å². The molecule has 1 heterocycles. The topological polar surface area (TPSA) is 57.6 Å². The van der Waals surface area contributed by atoms with E-state index in [1.54, 1.807) is 36.4 Å². The number of Topliss-reactive ketones (excluding diaryl/α,β-unsaturated/α-hetero) is 1. The zero-order chi connectivity index (χ0) is 21.5. The molecule has 1 amide bonds. The first kappa shape index (κ1) is 20.7. The zero-order valence-corrected chi connectivity index (χ0v) is 18.0. The molecule has 7 heteroatoms. The van der Waals surface area contributed by atoms with Gasteiger partial charge in [-0.3, -0.25) is 9.59 Å². The molecule has 4 nitrogen and oxygen atoms in total. The zero-order valence-electron chi connectivity index (χ0n) is 15.6. The maximum Gasteiger partial charge on any atom is 0.264 e. The van der Waals surface area contributed by atoms with Crippen LogP contribution >= 0.6 is 27.5 Å². The van der Waals surface area contributed by atoms with Crippen molar-refractivity contribution in [2.75, 3.05) is 4.90 Å². The maximum absolute atomic E-state index is 13.3. The molecule has 0 fully saturated rings.